The molecular weight excluding hydrogens is 159 g/mol. The maximum atomic E-state index is 10.9. The smallest absolute Gasteiger partial charge is 0.143 e. The molecule has 0 fully saturated rings. The summed E-state index contributed by atoms with van der Waals surface area (Å²) >= 11 is 0. The van der Waals surface area contributed by atoms with Crippen molar-refractivity contribution in [2.75, 3.05) is 6.16 Å². The Hall–Kier alpha value is 0.0600. The zero-order chi connectivity index (χ0) is 8.69. The van der Waals surface area contributed by atoms with Crippen molar-refractivity contribution in [3.8, 4) is 0 Å². The molecule has 0 aliphatic heterocycles. The summed E-state index contributed by atoms with van der Waals surface area (Å²) in [7, 11) is -1.38. The zero-order valence-corrected chi connectivity index (χ0v) is 8.56. The first-order valence-corrected chi connectivity index (χ1v) is 5.68. The average molecular weight is 177 g/mol. The van der Waals surface area contributed by atoms with Gasteiger partial charge in [-0.2, -0.15) is 0 Å². The maximum absolute atomic E-state index is 10.9. The lowest BCUT2D eigenvalue weighted by molar-refractivity contribution is 0.220. The van der Waals surface area contributed by atoms with Gasteiger partial charge in [-0.25, -0.2) is 0 Å². The van der Waals surface area contributed by atoms with Gasteiger partial charge < -0.3 is 0 Å². The summed E-state index contributed by atoms with van der Waals surface area (Å²) in [6.07, 6.45) is 4.16. The quantitative estimate of drug-likeness (QED) is 0.581. The highest BCUT2D eigenvalue weighted by Crippen LogP contribution is 2.25. The minimum Gasteiger partial charge on any atom is -0.143 e. The Kier molecular flexibility index (Phi) is 6.79. The van der Waals surface area contributed by atoms with Crippen LogP contribution in [0.3, 0.4) is 0 Å². The predicted molar refractivity (Wildman–Crippen MR) is 48.2 cm³/mol. The zero-order valence-electron chi connectivity index (χ0n) is 7.67. The summed E-state index contributed by atoms with van der Waals surface area (Å²) < 4.78 is 16.1. The molecule has 66 valence electrons. The van der Waals surface area contributed by atoms with Crippen LogP contribution in [0.4, 0.5) is 0 Å². The van der Waals surface area contributed by atoms with E-state index in [0.717, 1.165) is 12.8 Å². The fourth-order valence-electron chi connectivity index (χ4n) is 0.820. The molecule has 0 saturated carbocycles. The number of unbranched alkanes of at least 4 members (excludes halogenated alkanes) is 1. The Balaban J connectivity index is 3.35. The molecule has 0 aliphatic rings. The third-order valence-electron chi connectivity index (χ3n) is 1.52. The summed E-state index contributed by atoms with van der Waals surface area (Å²) in [5.74, 6) is 0. The van der Waals surface area contributed by atoms with Gasteiger partial charge in [-0.15, -0.1) is 4.52 Å². The van der Waals surface area contributed by atoms with Crippen LogP contribution in [0.5, 0.6) is 0 Å². The molecule has 0 aliphatic carbocycles. The predicted octanol–water partition coefficient (Wildman–Crippen LogP) is 3.34. The van der Waals surface area contributed by atoms with E-state index in [2.05, 4.69) is 6.92 Å². The summed E-state index contributed by atoms with van der Waals surface area (Å²) in [5, 5.41) is 0. The lowest BCUT2D eigenvalue weighted by Crippen LogP contribution is -2.02. The first kappa shape index (κ1) is 11.1. The van der Waals surface area contributed by atoms with Gasteiger partial charge in [0.1, 0.15) is 6.10 Å². The number of hydrogen-bond donors (Lipinski definition) is 0. The summed E-state index contributed by atoms with van der Waals surface area (Å²) in [5.41, 5.74) is 0. The minimum atomic E-state index is -1.38. The Morgan fingerprint density at radius 1 is 1.45 bits per heavy atom. The molecule has 0 spiro atoms. The third-order valence-corrected chi connectivity index (χ3v) is 2.63. The molecule has 2 unspecified atom stereocenters. The van der Waals surface area contributed by atoms with Gasteiger partial charge in [-0.1, -0.05) is 19.8 Å². The van der Waals surface area contributed by atoms with Crippen LogP contribution in [-0.4, -0.2) is 12.3 Å². The van der Waals surface area contributed by atoms with E-state index < -0.39 is 8.03 Å². The molecule has 2 atom stereocenters. The van der Waals surface area contributed by atoms with Gasteiger partial charge >= 0.3 is 8.03 Å². The van der Waals surface area contributed by atoms with Crippen LogP contribution in [0.1, 0.15) is 40.0 Å². The molecule has 0 N–H and O–H groups in total. The molecule has 0 rings (SSSR count). The molecule has 0 heterocycles. The Bertz CT molecular complexity index is 115. The van der Waals surface area contributed by atoms with Crippen molar-refractivity contribution in [1.29, 1.82) is 0 Å². The van der Waals surface area contributed by atoms with Crippen molar-refractivity contribution in [3.63, 3.8) is 0 Å². The molecule has 0 aromatic heterocycles. The average Bonchev–Trinajstić information content (AvgIpc) is 2.00. The van der Waals surface area contributed by atoms with Crippen LogP contribution >= 0.6 is 8.03 Å². The molecule has 0 radical (unpaired) electrons. The van der Waals surface area contributed by atoms with E-state index in [0.29, 0.717) is 6.16 Å². The third kappa shape index (κ3) is 6.46. The Labute approximate surface area is 70.2 Å². The maximum Gasteiger partial charge on any atom is 0.508 e. The van der Waals surface area contributed by atoms with Crippen molar-refractivity contribution < 1.29 is 9.09 Å². The van der Waals surface area contributed by atoms with E-state index in [1.54, 1.807) is 0 Å². The first-order chi connectivity index (χ1) is 5.20. The van der Waals surface area contributed by atoms with Crippen LogP contribution in [0, 0.1) is 0 Å². The molecule has 3 heteroatoms. The first-order valence-electron chi connectivity index (χ1n) is 4.32. The second-order valence-electron chi connectivity index (χ2n) is 2.71. The minimum absolute atomic E-state index is 0.165. The van der Waals surface area contributed by atoms with Gasteiger partial charge in [0.15, 0.2) is 6.16 Å². The largest absolute Gasteiger partial charge is 0.508 e. The van der Waals surface area contributed by atoms with Crippen molar-refractivity contribution in [3.05, 3.63) is 0 Å². The number of hydrogen-bond acceptors (Lipinski definition) is 2. The van der Waals surface area contributed by atoms with Crippen LogP contribution in [-0.2, 0) is 9.09 Å². The molecule has 0 aromatic carbocycles. The van der Waals surface area contributed by atoms with Crippen molar-refractivity contribution in [2.24, 2.45) is 0 Å². The highest BCUT2D eigenvalue weighted by atomic mass is 31.1. The normalized spacial score (nSPS) is 14.6. The van der Waals surface area contributed by atoms with E-state index in [-0.39, 0.29) is 6.10 Å². The molecule has 0 saturated heterocycles. The fourth-order valence-corrected chi connectivity index (χ4v) is 1.48. The summed E-state index contributed by atoms with van der Waals surface area (Å²) in [6, 6.07) is 0. The summed E-state index contributed by atoms with van der Waals surface area (Å²) in [4.78, 5) is 0. The number of rotatable bonds is 6. The highest BCUT2D eigenvalue weighted by molar-refractivity contribution is 7.39. The van der Waals surface area contributed by atoms with Crippen molar-refractivity contribution >= 4 is 8.03 Å². The van der Waals surface area contributed by atoms with E-state index in [9.17, 15) is 4.57 Å². The monoisotopic (exact) mass is 177 g/mol. The van der Waals surface area contributed by atoms with Crippen molar-refractivity contribution in [2.45, 2.75) is 46.1 Å². The summed E-state index contributed by atoms with van der Waals surface area (Å²) in [6.45, 7) is 6.01. The van der Waals surface area contributed by atoms with Gasteiger partial charge in [0, 0.05) is 0 Å². The van der Waals surface area contributed by atoms with Crippen LogP contribution in [0.15, 0.2) is 0 Å². The topological polar surface area (TPSA) is 26.3 Å². The lowest BCUT2D eigenvalue weighted by Gasteiger charge is -2.01. The molecule has 2 nitrogen and oxygen atoms in total. The molecule has 0 bridgehead atoms. The van der Waals surface area contributed by atoms with Crippen LogP contribution < -0.4 is 0 Å². The van der Waals surface area contributed by atoms with Gasteiger partial charge in [-0.3, -0.25) is 0 Å². The van der Waals surface area contributed by atoms with Gasteiger partial charge in [-0.05, 0) is 24.8 Å². The SMILES string of the molecule is CCCCC(C)O[P+](=O)CC. The second kappa shape index (κ2) is 6.75. The Morgan fingerprint density at radius 3 is 2.55 bits per heavy atom. The highest BCUT2D eigenvalue weighted by Gasteiger charge is 2.17. The van der Waals surface area contributed by atoms with E-state index in [1.807, 2.05) is 13.8 Å². The van der Waals surface area contributed by atoms with Gasteiger partial charge in [0.05, 0.1) is 0 Å². The van der Waals surface area contributed by atoms with Crippen LogP contribution in [0.2, 0.25) is 0 Å². The van der Waals surface area contributed by atoms with E-state index in [4.69, 9.17) is 4.52 Å². The Morgan fingerprint density at radius 2 is 2.09 bits per heavy atom. The van der Waals surface area contributed by atoms with Gasteiger partial charge in [0.25, 0.3) is 0 Å². The second-order valence-corrected chi connectivity index (χ2v) is 4.22. The van der Waals surface area contributed by atoms with E-state index in [1.165, 1.54) is 6.42 Å². The van der Waals surface area contributed by atoms with Gasteiger partial charge in [0.2, 0.25) is 0 Å². The standard InChI is InChI=1S/C8H18O2P/c1-4-6-7-8(3)10-11(9)5-2/h8H,4-7H2,1-3H3/q+1. The lowest BCUT2D eigenvalue weighted by atomic mass is 10.2. The molecule has 11 heavy (non-hydrogen) atoms. The molecule has 0 aromatic rings. The molecule has 0 amide bonds. The fraction of sp³-hybridized carbons (Fsp3) is 1.00. The van der Waals surface area contributed by atoms with Crippen LogP contribution in [0.25, 0.3) is 0 Å². The molecular formula is C8H18O2P+. The van der Waals surface area contributed by atoms with E-state index >= 15 is 0 Å². The van der Waals surface area contributed by atoms with Crippen molar-refractivity contribution in [1.82, 2.24) is 0 Å².